The third-order valence-corrected chi connectivity index (χ3v) is 4.83. The van der Waals surface area contributed by atoms with E-state index in [1.54, 1.807) is 24.3 Å². The summed E-state index contributed by atoms with van der Waals surface area (Å²) in [5, 5.41) is 0.0296. The standard InChI is InChI=1S/C17H19ClN2O2/c1-19(12-8-4-2-5-9-12)15-14(18)16(21)20(17(15)22)13-10-6-3-7-11-13/h3,6-7,10-12H,2,4-5,8-9H2,1H3. The Morgan fingerprint density at radius 3 is 2.32 bits per heavy atom. The molecule has 3 rings (SSSR count). The van der Waals surface area contributed by atoms with E-state index in [2.05, 4.69) is 0 Å². The number of anilines is 1. The first-order chi connectivity index (χ1) is 10.6. The summed E-state index contributed by atoms with van der Waals surface area (Å²) in [6.45, 7) is 0. The summed E-state index contributed by atoms with van der Waals surface area (Å²) in [7, 11) is 1.87. The molecule has 1 aromatic carbocycles. The molecule has 2 amide bonds. The lowest BCUT2D eigenvalue weighted by Crippen LogP contribution is -2.38. The zero-order valence-electron chi connectivity index (χ0n) is 12.6. The molecule has 22 heavy (non-hydrogen) atoms. The van der Waals surface area contributed by atoms with Gasteiger partial charge in [-0.3, -0.25) is 9.59 Å². The van der Waals surface area contributed by atoms with E-state index in [0.717, 1.165) is 30.6 Å². The van der Waals surface area contributed by atoms with Crippen molar-refractivity contribution in [3.05, 3.63) is 41.1 Å². The summed E-state index contributed by atoms with van der Waals surface area (Å²) < 4.78 is 0. The smallest absolute Gasteiger partial charge is 0.283 e. The Morgan fingerprint density at radius 1 is 1.05 bits per heavy atom. The van der Waals surface area contributed by atoms with E-state index in [-0.39, 0.29) is 17.0 Å². The van der Waals surface area contributed by atoms with Crippen LogP contribution in [0.2, 0.25) is 0 Å². The van der Waals surface area contributed by atoms with Crippen molar-refractivity contribution in [2.45, 2.75) is 38.1 Å². The van der Waals surface area contributed by atoms with Crippen LogP contribution in [0.1, 0.15) is 32.1 Å². The molecule has 1 fully saturated rings. The molecule has 0 spiro atoms. The molecule has 116 valence electrons. The number of nitrogens with zero attached hydrogens (tertiary/aromatic N) is 2. The summed E-state index contributed by atoms with van der Waals surface area (Å²) in [6, 6.07) is 9.20. The lowest BCUT2D eigenvalue weighted by atomic mass is 9.94. The number of amides is 2. The normalized spacial score (nSPS) is 20.0. The number of halogens is 1. The maximum Gasteiger partial charge on any atom is 0.283 e. The molecule has 1 saturated carbocycles. The number of imide groups is 1. The Balaban J connectivity index is 1.88. The number of rotatable bonds is 3. The Morgan fingerprint density at radius 2 is 1.68 bits per heavy atom. The van der Waals surface area contributed by atoms with Gasteiger partial charge in [0, 0.05) is 13.1 Å². The van der Waals surface area contributed by atoms with E-state index < -0.39 is 5.91 Å². The average Bonchev–Trinajstić information content (AvgIpc) is 2.78. The fourth-order valence-corrected chi connectivity index (χ4v) is 3.56. The van der Waals surface area contributed by atoms with Crippen molar-refractivity contribution in [3.8, 4) is 0 Å². The van der Waals surface area contributed by atoms with Gasteiger partial charge < -0.3 is 4.90 Å². The van der Waals surface area contributed by atoms with Gasteiger partial charge in [-0.15, -0.1) is 0 Å². The minimum Gasteiger partial charge on any atom is -0.366 e. The number of hydrogen-bond acceptors (Lipinski definition) is 3. The highest BCUT2D eigenvalue weighted by Gasteiger charge is 2.41. The molecule has 0 atom stereocenters. The van der Waals surface area contributed by atoms with Crippen molar-refractivity contribution < 1.29 is 9.59 Å². The highest BCUT2D eigenvalue weighted by Crippen LogP contribution is 2.33. The first kappa shape index (κ1) is 15.1. The first-order valence-electron chi connectivity index (χ1n) is 7.67. The van der Waals surface area contributed by atoms with Crippen molar-refractivity contribution in [1.82, 2.24) is 4.90 Å². The maximum absolute atomic E-state index is 12.7. The number of carbonyl (C=O) groups excluding carboxylic acids is 2. The molecular weight excluding hydrogens is 300 g/mol. The molecule has 0 aromatic heterocycles. The molecule has 0 bridgehead atoms. The summed E-state index contributed by atoms with van der Waals surface area (Å²) in [4.78, 5) is 28.2. The van der Waals surface area contributed by atoms with Crippen LogP contribution in [-0.4, -0.2) is 29.8 Å². The molecule has 0 unspecified atom stereocenters. The Kier molecular flexibility index (Phi) is 4.21. The van der Waals surface area contributed by atoms with Crippen LogP contribution in [0, 0.1) is 0 Å². The van der Waals surface area contributed by atoms with Gasteiger partial charge in [0.15, 0.2) is 0 Å². The highest BCUT2D eigenvalue weighted by atomic mass is 35.5. The van der Waals surface area contributed by atoms with Crippen molar-refractivity contribution in [3.63, 3.8) is 0 Å². The van der Waals surface area contributed by atoms with E-state index in [1.165, 1.54) is 6.42 Å². The van der Waals surface area contributed by atoms with Crippen LogP contribution in [0.25, 0.3) is 0 Å². The van der Waals surface area contributed by atoms with E-state index in [4.69, 9.17) is 11.6 Å². The van der Waals surface area contributed by atoms with Gasteiger partial charge >= 0.3 is 0 Å². The molecule has 1 aliphatic carbocycles. The molecule has 0 N–H and O–H groups in total. The van der Waals surface area contributed by atoms with Crippen LogP contribution in [0.3, 0.4) is 0 Å². The van der Waals surface area contributed by atoms with Gasteiger partial charge in [0.1, 0.15) is 10.7 Å². The van der Waals surface area contributed by atoms with Gasteiger partial charge in [-0.05, 0) is 25.0 Å². The highest BCUT2D eigenvalue weighted by molar-refractivity contribution is 6.52. The fraction of sp³-hybridized carbons (Fsp3) is 0.412. The van der Waals surface area contributed by atoms with Gasteiger partial charge in [0.2, 0.25) is 0 Å². The Bertz CT molecular complexity index is 621. The number of hydrogen-bond donors (Lipinski definition) is 0. The summed E-state index contributed by atoms with van der Waals surface area (Å²) in [6.07, 6.45) is 5.63. The monoisotopic (exact) mass is 318 g/mol. The third kappa shape index (κ3) is 2.52. The lowest BCUT2D eigenvalue weighted by Gasteiger charge is -2.33. The van der Waals surface area contributed by atoms with Gasteiger partial charge in [0.25, 0.3) is 11.8 Å². The molecule has 0 saturated heterocycles. The molecule has 5 heteroatoms. The fourth-order valence-electron chi connectivity index (χ4n) is 3.26. The van der Waals surface area contributed by atoms with E-state index in [0.29, 0.717) is 11.4 Å². The average molecular weight is 319 g/mol. The van der Waals surface area contributed by atoms with Crippen molar-refractivity contribution >= 4 is 29.1 Å². The van der Waals surface area contributed by atoms with Crippen LogP contribution in [0.5, 0.6) is 0 Å². The lowest BCUT2D eigenvalue weighted by molar-refractivity contribution is -0.121. The number of carbonyl (C=O) groups is 2. The second-order valence-electron chi connectivity index (χ2n) is 5.85. The van der Waals surface area contributed by atoms with Crippen LogP contribution < -0.4 is 4.90 Å². The minimum atomic E-state index is -0.435. The number of benzene rings is 1. The van der Waals surface area contributed by atoms with Crippen molar-refractivity contribution in [2.75, 3.05) is 11.9 Å². The van der Waals surface area contributed by atoms with Crippen molar-refractivity contribution in [2.24, 2.45) is 0 Å². The molecule has 1 aromatic rings. The second kappa shape index (κ2) is 6.13. The maximum atomic E-state index is 12.7. The Labute approximate surface area is 135 Å². The molecule has 0 radical (unpaired) electrons. The molecule has 1 heterocycles. The van der Waals surface area contributed by atoms with Crippen molar-refractivity contribution in [1.29, 1.82) is 0 Å². The number of likely N-dealkylation sites (N-methyl/N-ethyl adjacent to an activating group) is 1. The van der Waals surface area contributed by atoms with Crippen LogP contribution >= 0.6 is 11.6 Å². The Hall–Kier alpha value is -1.81. The van der Waals surface area contributed by atoms with E-state index in [1.807, 2.05) is 18.0 Å². The number of para-hydroxylation sites is 1. The van der Waals surface area contributed by atoms with Gasteiger partial charge in [-0.1, -0.05) is 49.1 Å². The summed E-state index contributed by atoms with van der Waals surface area (Å²) in [5.41, 5.74) is 0.894. The van der Waals surface area contributed by atoms with Crippen LogP contribution in [0.15, 0.2) is 41.1 Å². The molecule has 2 aliphatic rings. The van der Waals surface area contributed by atoms with E-state index in [9.17, 15) is 9.59 Å². The SMILES string of the molecule is CN(C1=C(Cl)C(=O)N(c2ccccc2)C1=O)C1CCCCC1. The third-order valence-electron chi connectivity index (χ3n) is 4.49. The topological polar surface area (TPSA) is 40.6 Å². The van der Waals surface area contributed by atoms with Crippen LogP contribution in [-0.2, 0) is 9.59 Å². The first-order valence-corrected chi connectivity index (χ1v) is 8.05. The van der Waals surface area contributed by atoms with Gasteiger partial charge in [0.05, 0.1) is 5.69 Å². The van der Waals surface area contributed by atoms with Gasteiger partial charge in [-0.2, -0.15) is 0 Å². The second-order valence-corrected chi connectivity index (χ2v) is 6.22. The zero-order chi connectivity index (χ0) is 15.7. The molecule has 1 aliphatic heterocycles. The van der Waals surface area contributed by atoms with E-state index >= 15 is 0 Å². The largest absolute Gasteiger partial charge is 0.366 e. The quantitative estimate of drug-likeness (QED) is 0.803. The molecular formula is C17H19ClN2O2. The van der Waals surface area contributed by atoms with Crippen LogP contribution in [0.4, 0.5) is 5.69 Å². The minimum absolute atomic E-state index is 0.0296. The summed E-state index contributed by atoms with van der Waals surface area (Å²) in [5.74, 6) is -0.759. The summed E-state index contributed by atoms with van der Waals surface area (Å²) >= 11 is 6.21. The predicted molar refractivity (Wildman–Crippen MR) is 86.5 cm³/mol. The predicted octanol–water partition coefficient (Wildman–Crippen LogP) is 3.27. The zero-order valence-corrected chi connectivity index (χ0v) is 13.3. The molecule has 4 nitrogen and oxygen atoms in total. The van der Waals surface area contributed by atoms with Gasteiger partial charge in [-0.25, -0.2) is 4.90 Å².